The number of amides is 2. The van der Waals surface area contributed by atoms with Crippen molar-refractivity contribution in [1.29, 1.82) is 0 Å². The fourth-order valence-corrected chi connectivity index (χ4v) is 4.54. The minimum absolute atomic E-state index is 0.120. The maximum absolute atomic E-state index is 13.5. The molecular weight excluding hydrogens is 424 g/mol. The molecule has 170 valence electrons. The molecule has 0 N–H and O–H groups in total. The Bertz CT molecular complexity index is 1410. The number of pyridine rings is 1. The quantitative estimate of drug-likeness (QED) is 0.436. The second-order valence-electron chi connectivity index (χ2n) is 8.88. The normalized spacial score (nSPS) is 19.9. The summed E-state index contributed by atoms with van der Waals surface area (Å²) in [6.07, 6.45) is 6.10. The predicted molar refractivity (Wildman–Crippen MR) is 133 cm³/mol. The first-order valence-electron chi connectivity index (χ1n) is 11.2. The van der Waals surface area contributed by atoms with E-state index in [1.165, 1.54) is 4.90 Å². The number of rotatable bonds is 4. The van der Waals surface area contributed by atoms with Gasteiger partial charge in [-0.05, 0) is 30.7 Å². The maximum Gasteiger partial charge on any atom is 0.271 e. The molecule has 0 spiro atoms. The largest absolute Gasteiger partial charge is 0.326 e. The third-order valence-corrected chi connectivity index (χ3v) is 6.66. The van der Waals surface area contributed by atoms with E-state index in [0.29, 0.717) is 12.1 Å². The number of carbonyl (C=O) groups is 2. The standard InChI is InChI=1S/C28H26N4O2/c1-28(18-20-11-6-4-7-12-20)27(34)30(2)24(26(33)31(28)3)17-22-15-10-16-32-19-23(29-25(22)32)21-13-8-5-9-14-21/h4-17,19H,18H2,1-3H3. The monoisotopic (exact) mass is 450 g/mol. The number of fused-ring (bicyclic) bond motifs is 1. The molecule has 1 atom stereocenters. The van der Waals surface area contributed by atoms with Crippen LogP contribution in [0.4, 0.5) is 0 Å². The zero-order valence-electron chi connectivity index (χ0n) is 19.5. The summed E-state index contributed by atoms with van der Waals surface area (Å²) in [6, 6.07) is 23.6. The minimum atomic E-state index is -0.968. The van der Waals surface area contributed by atoms with Crippen molar-refractivity contribution in [2.75, 3.05) is 14.1 Å². The van der Waals surface area contributed by atoms with Crippen molar-refractivity contribution in [3.63, 3.8) is 0 Å². The van der Waals surface area contributed by atoms with Gasteiger partial charge in [-0.2, -0.15) is 0 Å². The number of hydrogen-bond donors (Lipinski definition) is 0. The van der Waals surface area contributed by atoms with E-state index in [1.807, 2.05) is 96.5 Å². The zero-order valence-corrected chi connectivity index (χ0v) is 19.5. The van der Waals surface area contributed by atoms with Crippen molar-refractivity contribution in [1.82, 2.24) is 19.2 Å². The summed E-state index contributed by atoms with van der Waals surface area (Å²) < 4.78 is 1.94. The predicted octanol–water partition coefficient (Wildman–Crippen LogP) is 4.27. The third kappa shape index (κ3) is 3.57. The minimum Gasteiger partial charge on any atom is -0.326 e. The first-order valence-corrected chi connectivity index (χ1v) is 11.2. The number of nitrogens with zero attached hydrogens (tertiary/aromatic N) is 4. The van der Waals surface area contributed by atoms with Gasteiger partial charge in [-0.15, -0.1) is 0 Å². The molecule has 1 aliphatic rings. The van der Waals surface area contributed by atoms with Crippen molar-refractivity contribution in [3.05, 3.63) is 102 Å². The Balaban J connectivity index is 1.53. The molecule has 0 bridgehead atoms. The molecule has 34 heavy (non-hydrogen) atoms. The summed E-state index contributed by atoms with van der Waals surface area (Å²) >= 11 is 0. The van der Waals surface area contributed by atoms with E-state index in [2.05, 4.69) is 0 Å². The lowest BCUT2D eigenvalue weighted by molar-refractivity contribution is -0.155. The van der Waals surface area contributed by atoms with Crippen LogP contribution in [0.15, 0.2) is 90.9 Å². The molecule has 5 rings (SSSR count). The SMILES string of the molecule is CN1C(=O)C(C)(Cc2ccccc2)N(C)C(=O)C1=Cc1cccn2cc(-c3ccccc3)nc12. The number of hydrogen-bond acceptors (Lipinski definition) is 3. The number of likely N-dealkylation sites (N-methyl/N-ethyl adjacent to an activating group) is 2. The summed E-state index contributed by atoms with van der Waals surface area (Å²) in [5.74, 6) is -0.317. The van der Waals surface area contributed by atoms with Gasteiger partial charge in [0.2, 0.25) is 0 Å². The summed E-state index contributed by atoms with van der Waals surface area (Å²) in [6.45, 7) is 1.83. The Morgan fingerprint density at radius 2 is 1.59 bits per heavy atom. The van der Waals surface area contributed by atoms with Gasteiger partial charge in [0.15, 0.2) is 0 Å². The van der Waals surface area contributed by atoms with Crippen LogP contribution in [0.2, 0.25) is 0 Å². The van der Waals surface area contributed by atoms with Gasteiger partial charge in [0.25, 0.3) is 11.8 Å². The molecule has 0 aliphatic carbocycles. The Morgan fingerprint density at radius 1 is 0.912 bits per heavy atom. The van der Waals surface area contributed by atoms with Crippen molar-refractivity contribution in [3.8, 4) is 11.3 Å². The van der Waals surface area contributed by atoms with Crippen molar-refractivity contribution < 1.29 is 9.59 Å². The Kier molecular flexibility index (Phi) is 5.28. The highest BCUT2D eigenvalue weighted by atomic mass is 16.2. The fourth-order valence-electron chi connectivity index (χ4n) is 4.54. The Hall–Kier alpha value is -4.19. The smallest absolute Gasteiger partial charge is 0.271 e. The van der Waals surface area contributed by atoms with Gasteiger partial charge < -0.3 is 14.2 Å². The van der Waals surface area contributed by atoms with Gasteiger partial charge in [0, 0.05) is 44.0 Å². The third-order valence-electron chi connectivity index (χ3n) is 6.66. The van der Waals surface area contributed by atoms with Crippen LogP contribution in [0.1, 0.15) is 18.1 Å². The molecule has 1 saturated heterocycles. The van der Waals surface area contributed by atoms with Crippen molar-refractivity contribution in [2.45, 2.75) is 18.9 Å². The van der Waals surface area contributed by atoms with E-state index >= 15 is 0 Å². The molecule has 4 aromatic rings. The highest BCUT2D eigenvalue weighted by molar-refractivity contribution is 6.09. The van der Waals surface area contributed by atoms with Crippen LogP contribution < -0.4 is 0 Å². The van der Waals surface area contributed by atoms with Gasteiger partial charge in [-0.1, -0.05) is 60.7 Å². The number of carbonyl (C=O) groups excluding carboxylic acids is 2. The lowest BCUT2D eigenvalue weighted by Crippen LogP contribution is -2.64. The van der Waals surface area contributed by atoms with E-state index in [-0.39, 0.29) is 11.8 Å². The van der Waals surface area contributed by atoms with Crippen LogP contribution >= 0.6 is 0 Å². The Morgan fingerprint density at radius 3 is 2.29 bits per heavy atom. The van der Waals surface area contributed by atoms with Crippen LogP contribution in [0, 0.1) is 0 Å². The maximum atomic E-state index is 13.5. The van der Waals surface area contributed by atoms with E-state index < -0.39 is 5.54 Å². The van der Waals surface area contributed by atoms with E-state index in [4.69, 9.17) is 4.98 Å². The van der Waals surface area contributed by atoms with Crippen molar-refractivity contribution >= 4 is 23.5 Å². The van der Waals surface area contributed by atoms with Crippen LogP contribution in [-0.4, -0.2) is 50.6 Å². The molecule has 2 aromatic carbocycles. The summed E-state index contributed by atoms with van der Waals surface area (Å²) in [5.41, 5.74) is 3.73. The van der Waals surface area contributed by atoms with Crippen LogP contribution in [0.3, 0.4) is 0 Å². The first kappa shape index (κ1) is 21.6. The number of imidazole rings is 1. The van der Waals surface area contributed by atoms with Gasteiger partial charge in [0.05, 0.1) is 5.69 Å². The van der Waals surface area contributed by atoms with Gasteiger partial charge in [0.1, 0.15) is 16.9 Å². The highest BCUT2D eigenvalue weighted by Gasteiger charge is 2.48. The molecule has 3 heterocycles. The molecule has 2 amide bonds. The molecule has 2 aromatic heterocycles. The lowest BCUT2D eigenvalue weighted by atomic mass is 9.87. The van der Waals surface area contributed by atoms with Crippen molar-refractivity contribution in [2.24, 2.45) is 0 Å². The second-order valence-corrected chi connectivity index (χ2v) is 8.88. The lowest BCUT2D eigenvalue weighted by Gasteiger charge is -2.45. The number of piperazine rings is 1. The Labute approximate surface area is 198 Å². The number of aromatic nitrogens is 2. The molecule has 1 unspecified atom stereocenters. The summed E-state index contributed by atoms with van der Waals surface area (Å²) in [4.78, 5) is 34.9. The van der Waals surface area contributed by atoms with Crippen LogP contribution in [0.5, 0.6) is 0 Å². The average Bonchev–Trinajstić information content (AvgIpc) is 3.31. The topological polar surface area (TPSA) is 57.9 Å². The average molecular weight is 451 g/mol. The summed E-state index contributed by atoms with van der Waals surface area (Å²) in [7, 11) is 3.37. The van der Waals surface area contributed by atoms with Gasteiger partial charge in [-0.25, -0.2) is 4.98 Å². The van der Waals surface area contributed by atoms with Gasteiger partial charge >= 0.3 is 0 Å². The highest BCUT2D eigenvalue weighted by Crippen LogP contribution is 2.32. The number of benzene rings is 2. The molecule has 0 radical (unpaired) electrons. The fraction of sp³-hybridized carbons (Fsp3) is 0.179. The van der Waals surface area contributed by atoms with E-state index in [0.717, 1.165) is 28.0 Å². The molecule has 6 heteroatoms. The van der Waals surface area contributed by atoms with E-state index in [1.54, 1.807) is 25.1 Å². The van der Waals surface area contributed by atoms with Gasteiger partial charge in [-0.3, -0.25) is 9.59 Å². The molecular formula is C28H26N4O2. The molecule has 6 nitrogen and oxygen atoms in total. The van der Waals surface area contributed by atoms with Crippen LogP contribution in [0.25, 0.3) is 23.0 Å². The van der Waals surface area contributed by atoms with E-state index in [9.17, 15) is 9.59 Å². The first-order chi connectivity index (χ1) is 16.4. The molecule has 1 aliphatic heterocycles. The summed E-state index contributed by atoms with van der Waals surface area (Å²) in [5, 5.41) is 0. The molecule has 1 fully saturated rings. The van der Waals surface area contributed by atoms with Crippen LogP contribution in [-0.2, 0) is 16.0 Å². The molecule has 0 saturated carbocycles. The second kappa shape index (κ2) is 8.30. The zero-order chi connectivity index (χ0) is 23.9.